The third-order valence-corrected chi connectivity index (χ3v) is 6.64. The standard InChI is InChI=1S/C22H35N5O2/c1-21(2,3)29-20(28)24-12-15-13-27(14-15)18-16-7-10-22(8-5-4-6-9-22)11-17(16)25-19(23)26-18/h15H,4-14H2,1-3H3,(H,24,28)(H2,23,25,26). The Kier molecular flexibility index (Phi) is 5.34. The molecule has 3 aliphatic rings. The second kappa shape index (κ2) is 7.65. The molecule has 0 atom stereocenters. The second-order valence-corrected chi connectivity index (χ2v) is 10.2. The van der Waals surface area contributed by atoms with Crippen molar-refractivity contribution in [3.63, 3.8) is 0 Å². The molecular formula is C22H35N5O2. The van der Waals surface area contributed by atoms with Crippen LogP contribution in [0.25, 0.3) is 0 Å². The van der Waals surface area contributed by atoms with Gasteiger partial charge in [-0.2, -0.15) is 4.98 Å². The van der Waals surface area contributed by atoms with Crippen LogP contribution in [0, 0.1) is 11.3 Å². The number of ether oxygens (including phenoxy) is 1. The molecule has 1 aromatic rings. The molecule has 1 amide bonds. The number of anilines is 2. The molecule has 29 heavy (non-hydrogen) atoms. The molecule has 160 valence electrons. The third kappa shape index (κ3) is 4.59. The number of nitrogens with one attached hydrogen (secondary N) is 1. The average molecular weight is 402 g/mol. The minimum atomic E-state index is -0.469. The first kappa shape index (κ1) is 20.2. The molecule has 2 heterocycles. The summed E-state index contributed by atoms with van der Waals surface area (Å²) in [5.74, 6) is 1.82. The summed E-state index contributed by atoms with van der Waals surface area (Å²) in [5, 5.41) is 2.88. The smallest absolute Gasteiger partial charge is 0.407 e. The van der Waals surface area contributed by atoms with Crippen molar-refractivity contribution in [1.29, 1.82) is 0 Å². The second-order valence-electron chi connectivity index (χ2n) is 10.2. The van der Waals surface area contributed by atoms with Gasteiger partial charge in [0.15, 0.2) is 0 Å². The van der Waals surface area contributed by atoms with E-state index in [1.807, 2.05) is 20.8 Å². The van der Waals surface area contributed by atoms with Gasteiger partial charge in [-0.05, 0) is 58.3 Å². The van der Waals surface area contributed by atoms with Crippen molar-refractivity contribution >= 4 is 17.9 Å². The number of hydrogen-bond donors (Lipinski definition) is 2. The Balaban J connectivity index is 1.37. The van der Waals surface area contributed by atoms with Crippen LogP contribution in [0.5, 0.6) is 0 Å². The summed E-state index contributed by atoms with van der Waals surface area (Å²) in [7, 11) is 0. The summed E-state index contributed by atoms with van der Waals surface area (Å²) in [5.41, 5.74) is 8.54. The number of nitrogens with zero attached hydrogens (tertiary/aromatic N) is 3. The van der Waals surface area contributed by atoms with Gasteiger partial charge in [-0.1, -0.05) is 19.3 Å². The molecule has 1 saturated heterocycles. The fourth-order valence-corrected chi connectivity index (χ4v) is 5.18. The molecule has 2 aliphatic carbocycles. The van der Waals surface area contributed by atoms with Crippen molar-refractivity contribution in [1.82, 2.24) is 15.3 Å². The monoisotopic (exact) mass is 401 g/mol. The van der Waals surface area contributed by atoms with Crippen molar-refractivity contribution in [2.75, 3.05) is 30.3 Å². The van der Waals surface area contributed by atoms with Crippen molar-refractivity contribution in [2.45, 2.75) is 77.7 Å². The first-order valence-electron chi connectivity index (χ1n) is 11.1. The summed E-state index contributed by atoms with van der Waals surface area (Å²) in [6, 6.07) is 0. The van der Waals surface area contributed by atoms with Gasteiger partial charge >= 0.3 is 6.09 Å². The molecular weight excluding hydrogens is 366 g/mol. The van der Waals surface area contributed by atoms with Crippen LogP contribution >= 0.6 is 0 Å². The van der Waals surface area contributed by atoms with Gasteiger partial charge in [-0.25, -0.2) is 9.78 Å². The number of carbonyl (C=O) groups excluding carboxylic acids is 1. The summed E-state index contributed by atoms with van der Waals surface area (Å²) in [6.07, 6.45) is 9.74. The number of alkyl carbamates (subject to hydrolysis) is 1. The zero-order chi connectivity index (χ0) is 20.6. The van der Waals surface area contributed by atoms with Crippen LogP contribution in [0.1, 0.15) is 70.6 Å². The normalized spacial score (nSPS) is 21.4. The third-order valence-electron chi connectivity index (χ3n) is 6.64. The molecule has 0 aromatic carbocycles. The molecule has 7 heteroatoms. The maximum absolute atomic E-state index is 11.9. The lowest BCUT2D eigenvalue weighted by Gasteiger charge is -2.44. The van der Waals surface area contributed by atoms with E-state index >= 15 is 0 Å². The summed E-state index contributed by atoms with van der Waals surface area (Å²) in [4.78, 5) is 23.4. The molecule has 1 aliphatic heterocycles. The number of carbonyl (C=O) groups is 1. The summed E-state index contributed by atoms with van der Waals surface area (Å²) >= 11 is 0. The predicted molar refractivity (Wildman–Crippen MR) is 114 cm³/mol. The lowest BCUT2D eigenvalue weighted by Crippen LogP contribution is -2.52. The number of rotatable bonds is 3. The van der Waals surface area contributed by atoms with Gasteiger partial charge in [0.05, 0.1) is 5.69 Å². The molecule has 2 fully saturated rings. The number of fused-ring (bicyclic) bond motifs is 1. The highest BCUT2D eigenvalue weighted by Crippen LogP contribution is 2.47. The molecule has 0 bridgehead atoms. The van der Waals surface area contributed by atoms with Crippen molar-refractivity contribution in [3.05, 3.63) is 11.3 Å². The molecule has 1 aromatic heterocycles. The Morgan fingerprint density at radius 3 is 2.62 bits per heavy atom. The van der Waals surface area contributed by atoms with Gasteiger partial charge in [0.1, 0.15) is 11.4 Å². The number of hydrogen-bond acceptors (Lipinski definition) is 6. The summed E-state index contributed by atoms with van der Waals surface area (Å²) < 4.78 is 5.31. The van der Waals surface area contributed by atoms with Crippen molar-refractivity contribution in [3.8, 4) is 0 Å². The zero-order valence-corrected chi connectivity index (χ0v) is 18.1. The van der Waals surface area contributed by atoms with E-state index < -0.39 is 5.60 Å². The quantitative estimate of drug-likeness (QED) is 0.806. The van der Waals surface area contributed by atoms with Crippen LogP contribution in [0.3, 0.4) is 0 Å². The number of nitrogens with two attached hydrogens (primary N) is 1. The predicted octanol–water partition coefficient (Wildman–Crippen LogP) is 3.46. The van der Waals surface area contributed by atoms with Gasteiger partial charge in [0, 0.05) is 31.1 Å². The van der Waals surface area contributed by atoms with E-state index in [2.05, 4.69) is 20.2 Å². The number of aromatic nitrogens is 2. The maximum atomic E-state index is 11.9. The van der Waals surface area contributed by atoms with Gasteiger partial charge in [0.2, 0.25) is 5.95 Å². The summed E-state index contributed by atoms with van der Waals surface area (Å²) in [6.45, 7) is 8.00. The average Bonchev–Trinajstić information content (AvgIpc) is 2.59. The fraction of sp³-hybridized carbons (Fsp3) is 0.773. The van der Waals surface area contributed by atoms with Crippen LogP contribution in [0.15, 0.2) is 0 Å². The van der Waals surface area contributed by atoms with E-state index in [0.717, 1.165) is 31.7 Å². The van der Waals surface area contributed by atoms with Crippen molar-refractivity contribution < 1.29 is 9.53 Å². The highest BCUT2D eigenvalue weighted by Gasteiger charge is 2.39. The first-order chi connectivity index (χ1) is 13.7. The van der Waals surface area contributed by atoms with E-state index in [0.29, 0.717) is 23.8 Å². The van der Waals surface area contributed by atoms with Gasteiger partial charge in [-0.15, -0.1) is 0 Å². The van der Waals surface area contributed by atoms with E-state index in [-0.39, 0.29) is 6.09 Å². The minimum Gasteiger partial charge on any atom is -0.444 e. The maximum Gasteiger partial charge on any atom is 0.407 e. The van der Waals surface area contributed by atoms with E-state index in [1.54, 1.807) is 0 Å². The molecule has 3 N–H and O–H groups in total. The first-order valence-corrected chi connectivity index (χ1v) is 11.1. The van der Waals surface area contributed by atoms with Crippen LogP contribution in [0.4, 0.5) is 16.6 Å². The van der Waals surface area contributed by atoms with Gasteiger partial charge in [-0.3, -0.25) is 0 Å². The highest BCUT2D eigenvalue weighted by atomic mass is 16.6. The Labute approximate surface area is 173 Å². The lowest BCUT2D eigenvalue weighted by molar-refractivity contribution is 0.0516. The molecule has 1 spiro atoms. The van der Waals surface area contributed by atoms with Crippen LogP contribution in [0.2, 0.25) is 0 Å². The van der Waals surface area contributed by atoms with Gasteiger partial charge in [0.25, 0.3) is 0 Å². The van der Waals surface area contributed by atoms with Crippen LogP contribution in [-0.2, 0) is 17.6 Å². The molecule has 0 radical (unpaired) electrons. The Bertz CT molecular complexity index is 761. The SMILES string of the molecule is CC(C)(C)OC(=O)NCC1CN(c2nc(N)nc3c2CCC2(CCCCC2)C3)C1. The van der Waals surface area contributed by atoms with Gasteiger partial charge < -0.3 is 20.7 Å². The minimum absolute atomic E-state index is 0.350. The lowest BCUT2D eigenvalue weighted by atomic mass is 9.65. The highest BCUT2D eigenvalue weighted by molar-refractivity contribution is 5.67. The molecule has 7 nitrogen and oxygen atoms in total. The molecule has 4 rings (SSSR count). The molecule has 1 saturated carbocycles. The molecule has 0 unspecified atom stereocenters. The van der Waals surface area contributed by atoms with E-state index in [1.165, 1.54) is 49.8 Å². The topological polar surface area (TPSA) is 93.4 Å². The van der Waals surface area contributed by atoms with E-state index in [4.69, 9.17) is 10.5 Å². The Morgan fingerprint density at radius 2 is 1.93 bits per heavy atom. The Morgan fingerprint density at radius 1 is 1.21 bits per heavy atom. The Hall–Kier alpha value is -2.05. The van der Waals surface area contributed by atoms with E-state index in [9.17, 15) is 4.79 Å². The van der Waals surface area contributed by atoms with Crippen LogP contribution in [-0.4, -0.2) is 41.3 Å². The fourth-order valence-electron chi connectivity index (χ4n) is 5.18. The number of nitrogen functional groups attached to an aromatic ring is 1. The van der Waals surface area contributed by atoms with Crippen LogP contribution < -0.4 is 16.0 Å². The van der Waals surface area contributed by atoms with Crippen molar-refractivity contribution in [2.24, 2.45) is 11.3 Å². The zero-order valence-electron chi connectivity index (χ0n) is 18.1. The largest absolute Gasteiger partial charge is 0.444 e. The number of amides is 1.